The standard InChI is InChI=1S/C85H146O16P2/c1-4-7-10-13-16-19-22-25-28-30-32-34-35-36-37-38-39-40-41-42-43-45-47-48-51-53-56-59-62-65-68-71-83(88)95-74-80(86)75-97-102(91,92)98-76-81(87)77-99-103(93,94)100-79-82(101-85(90)73-70-67-64-61-58-55-50-27-24-21-18-15-12-9-6-3)78-96-84(89)72-69-66-63-60-57-54-52-49-46-44-33-31-29-26-23-20-17-14-11-8-5-2/h7-8,10-11,16-17,19-20,25-26,28-29,32-34,36-37,44,49,52,57,60,80-82,86-87H,4-6,9,12-15,18,21-24,27,30-31,35,38-43,45-48,50-51,53-56,58-59,61-79H2,1-3H3,(H,91,92)(H,93,94)/b10-7-,11-8-,19-16-,20-17-,28-25-,29-26-,34-32-,37-36-,44-33-,52-49-,60-57-. The van der Waals surface area contributed by atoms with Crippen LogP contribution < -0.4 is 0 Å². The number of carbonyl (C=O) groups excluding carboxylic acids is 3. The third kappa shape index (κ3) is 78.6. The number of ether oxygens (including phenoxy) is 3. The molecular weight excluding hydrogens is 1340 g/mol. The van der Waals surface area contributed by atoms with E-state index in [1.54, 1.807) is 0 Å². The number of phosphoric acid groups is 2. The molecule has 0 aliphatic heterocycles. The second-order valence-electron chi connectivity index (χ2n) is 26.8. The molecule has 0 aromatic heterocycles. The van der Waals surface area contributed by atoms with Gasteiger partial charge in [0.2, 0.25) is 0 Å². The lowest BCUT2D eigenvalue weighted by Gasteiger charge is -2.21. The Morgan fingerprint density at radius 1 is 0.282 bits per heavy atom. The maximum atomic E-state index is 13.0. The maximum Gasteiger partial charge on any atom is 0.472 e. The molecule has 4 N–H and O–H groups in total. The fraction of sp³-hybridized carbons (Fsp3) is 0.706. The summed E-state index contributed by atoms with van der Waals surface area (Å²) >= 11 is 0. The van der Waals surface area contributed by atoms with Gasteiger partial charge in [0.1, 0.15) is 25.4 Å². The monoisotopic (exact) mass is 1490 g/mol. The van der Waals surface area contributed by atoms with Crippen LogP contribution in [0.1, 0.15) is 329 Å². The first-order valence-electron chi connectivity index (χ1n) is 40.5. The van der Waals surface area contributed by atoms with Crippen molar-refractivity contribution >= 4 is 33.6 Å². The Bertz CT molecular complexity index is 2410. The van der Waals surface area contributed by atoms with Gasteiger partial charge >= 0.3 is 33.6 Å². The number of carbonyl (C=O) groups is 3. The molecule has 0 aliphatic carbocycles. The molecular formula is C85H146O16P2. The van der Waals surface area contributed by atoms with Crippen molar-refractivity contribution < 1.29 is 75.8 Å². The smallest absolute Gasteiger partial charge is 0.463 e. The van der Waals surface area contributed by atoms with Crippen molar-refractivity contribution in [1.82, 2.24) is 0 Å². The minimum absolute atomic E-state index is 0.0959. The summed E-state index contributed by atoms with van der Waals surface area (Å²) in [6.45, 7) is 2.43. The predicted molar refractivity (Wildman–Crippen MR) is 426 cm³/mol. The zero-order valence-electron chi connectivity index (χ0n) is 64.7. The number of unbranched alkanes of at least 4 members (excludes halogenated alkanes) is 31. The summed E-state index contributed by atoms with van der Waals surface area (Å²) in [6.07, 6.45) is 93.7. The van der Waals surface area contributed by atoms with Gasteiger partial charge in [-0.1, -0.05) is 328 Å². The van der Waals surface area contributed by atoms with E-state index < -0.39 is 91.5 Å². The van der Waals surface area contributed by atoms with Crippen LogP contribution in [0.4, 0.5) is 0 Å². The number of hydrogen-bond acceptors (Lipinski definition) is 14. The highest BCUT2D eigenvalue weighted by molar-refractivity contribution is 7.47. The summed E-state index contributed by atoms with van der Waals surface area (Å²) in [6, 6.07) is 0. The fourth-order valence-electron chi connectivity index (χ4n) is 10.8. The van der Waals surface area contributed by atoms with Gasteiger partial charge < -0.3 is 34.2 Å². The lowest BCUT2D eigenvalue weighted by atomic mass is 10.0. The zero-order valence-corrected chi connectivity index (χ0v) is 66.5. The number of aliphatic hydroxyl groups is 2. The molecule has 0 saturated heterocycles. The molecule has 0 rings (SSSR count). The number of allylic oxidation sites excluding steroid dienone is 22. The Morgan fingerprint density at radius 3 is 0.835 bits per heavy atom. The van der Waals surface area contributed by atoms with Crippen LogP contribution in [-0.4, -0.2) is 95.9 Å². The minimum Gasteiger partial charge on any atom is -0.463 e. The van der Waals surface area contributed by atoms with Gasteiger partial charge in [-0.2, -0.15) is 0 Å². The summed E-state index contributed by atoms with van der Waals surface area (Å²) in [5, 5.41) is 20.6. The van der Waals surface area contributed by atoms with Crippen molar-refractivity contribution in [2.24, 2.45) is 0 Å². The van der Waals surface area contributed by atoms with Crippen LogP contribution >= 0.6 is 15.6 Å². The van der Waals surface area contributed by atoms with Crippen molar-refractivity contribution in [1.29, 1.82) is 0 Å². The molecule has 0 bridgehead atoms. The fourth-order valence-corrected chi connectivity index (χ4v) is 12.4. The number of phosphoric ester groups is 2. The van der Waals surface area contributed by atoms with Crippen LogP contribution in [0.15, 0.2) is 134 Å². The highest BCUT2D eigenvalue weighted by Crippen LogP contribution is 2.45. The van der Waals surface area contributed by atoms with Crippen LogP contribution in [0, 0.1) is 0 Å². The van der Waals surface area contributed by atoms with E-state index in [-0.39, 0.29) is 19.3 Å². The van der Waals surface area contributed by atoms with Crippen molar-refractivity contribution in [2.45, 2.75) is 347 Å². The average molecular weight is 1490 g/mol. The van der Waals surface area contributed by atoms with Crippen molar-refractivity contribution in [3.8, 4) is 0 Å². The van der Waals surface area contributed by atoms with Gasteiger partial charge in [-0.05, 0) is 116 Å². The van der Waals surface area contributed by atoms with Crippen LogP contribution in [0.25, 0.3) is 0 Å². The molecule has 0 fully saturated rings. The lowest BCUT2D eigenvalue weighted by molar-refractivity contribution is -0.161. The largest absolute Gasteiger partial charge is 0.472 e. The highest BCUT2D eigenvalue weighted by Gasteiger charge is 2.29. The number of rotatable bonds is 76. The van der Waals surface area contributed by atoms with E-state index in [2.05, 4.69) is 154 Å². The Morgan fingerprint density at radius 2 is 0.515 bits per heavy atom. The van der Waals surface area contributed by atoms with Crippen molar-refractivity contribution in [3.63, 3.8) is 0 Å². The van der Waals surface area contributed by atoms with Gasteiger partial charge in [0.25, 0.3) is 0 Å². The van der Waals surface area contributed by atoms with Crippen LogP contribution in [-0.2, 0) is 55.8 Å². The van der Waals surface area contributed by atoms with Crippen LogP contribution in [0.5, 0.6) is 0 Å². The molecule has 5 unspecified atom stereocenters. The molecule has 103 heavy (non-hydrogen) atoms. The first-order valence-corrected chi connectivity index (χ1v) is 43.5. The van der Waals surface area contributed by atoms with Gasteiger partial charge in [-0.25, -0.2) is 9.13 Å². The molecule has 0 aliphatic rings. The van der Waals surface area contributed by atoms with E-state index in [0.717, 1.165) is 128 Å². The Hall–Kier alpha value is -4.31. The summed E-state index contributed by atoms with van der Waals surface area (Å²) in [5.74, 6) is -1.62. The molecule has 0 amide bonds. The van der Waals surface area contributed by atoms with E-state index in [1.165, 1.54) is 141 Å². The first-order chi connectivity index (χ1) is 50.2. The summed E-state index contributed by atoms with van der Waals surface area (Å²) in [5.41, 5.74) is 0. The molecule has 0 saturated carbocycles. The molecule has 5 atom stereocenters. The molecule has 16 nitrogen and oxygen atoms in total. The molecule has 18 heteroatoms. The summed E-state index contributed by atoms with van der Waals surface area (Å²) in [4.78, 5) is 58.7. The number of aliphatic hydroxyl groups excluding tert-OH is 2. The van der Waals surface area contributed by atoms with E-state index >= 15 is 0 Å². The molecule has 0 radical (unpaired) electrons. The van der Waals surface area contributed by atoms with Crippen LogP contribution in [0.3, 0.4) is 0 Å². The first kappa shape index (κ1) is 98.7. The third-order valence-corrected chi connectivity index (χ3v) is 18.8. The van der Waals surface area contributed by atoms with Crippen molar-refractivity contribution in [3.05, 3.63) is 134 Å². The number of hydrogen-bond donors (Lipinski definition) is 4. The SMILES string of the molecule is CC/C=C\C/C=C\C/C=C\C/C=C\C/C=C\C/C=C\CCCCC(=O)OCC(COP(=O)(O)OCC(O)COP(=O)(O)OCC(O)COC(=O)CCCCCCCCCCCCCCCCC/C=C\C/C=C\C/C=C\C/C=C\C/C=C\CC)OC(=O)CCCCCCCCCCCCCCCCC. The van der Waals surface area contributed by atoms with E-state index in [1.807, 2.05) is 0 Å². The Balaban J connectivity index is 4.52. The van der Waals surface area contributed by atoms with E-state index in [9.17, 15) is 43.5 Å². The second kappa shape index (κ2) is 77.3. The maximum absolute atomic E-state index is 13.0. The second-order valence-corrected chi connectivity index (χ2v) is 29.7. The lowest BCUT2D eigenvalue weighted by Crippen LogP contribution is -2.30. The average Bonchev–Trinajstić information content (AvgIpc) is 0.924. The third-order valence-electron chi connectivity index (χ3n) is 16.9. The zero-order chi connectivity index (χ0) is 75.2. The topological polar surface area (TPSA) is 231 Å². The van der Waals surface area contributed by atoms with Gasteiger partial charge in [-0.3, -0.25) is 32.5 Å². The molecule has 0 heterocycles. The number of esters is 3. The molecule has 592 valence electrons. The van der Waals surface area contributed by atoms with Gasteiger partial charge in [0.05, 0.1) is 26.4 Å². The quantitative estimate of drug-likeness (QED) is 0.0146. The van der Waals surface area contributed by atoms with E-state index in [0.29, 0.717) is 19.3 Å². The molecule has 0 aromatic rings. The Labute approximate surface area is 626 Å². The normalized spacial score (nSPS) is 14.7. The summed E-state index contributed by atoms with van der Waals surface area (Å²) < 4.78 is 61.1. The van der Waals surface area contributed by atoms with Crippen LogP contribution in [0.2, 0.25) is 0 Å². The Kier molecular flexibility index (Phi) is 74.1. The molecule has 0 spiro atoms. The summed E-state index contributed by atoms with van der Waals surface area (Å²) in [7, 11) is -9.80. The van der Waals surface area contributed by atoms with Gasteiger partial charge in [0.15, 0.2) is 6.10 Å². The highest BCUT2D eigenvalue weighted by atomic mass is 31.2. The van der Waals surface area contributed by atoms with Gasteiger partial charge in [-0.15, -0.1) is 0 Å². The van der Waals surface area contributed by atoms with Crippen molar-refractivity contribution in [2.75, 3.05) is 39.6 Å². The van der Waals surface area contributed by atoms with Gasteiger partial charge in [0, 0.05) is 19.3 Å². The molecule has 0 aromatic carbocycles. The minimum atomic E-state index is -4.94. The predicted octanol–water partition coefficient (Wildman–Crippen LogP) is 23.9. The van der Waals surface area contributed by atoms with E-state index in [4.69, 9.17) is 32.3 Å².